The smallest absolute Gasteiger partial charge is 0.160 e. The Labute approximate surface area is 330 Å². The number of nitrogens with zero attached hydrogens (tertiary/aromatic N) is 2. The molecule has 11 rings (SSSR count). The first-order valence-corrected chi connectivity index (χ1v) is 19.3. The third-order valence-electron chi connectivity index (χ3n) is 11.1. The summed E-state index contributed by atoms with van der Waals surface area (Å²) in [6.45, 7) is 0. The van der Waals surface area contributed by atoms with Crippen LogP contribution in [0.2, 0.25) is 0 Å². The molecule has 11 aromatic rings. The van der Waals surface area contributed by atoms with E-state index in [-0.39, 0.29) is 0 Å². The van der Waals surface area contributed by atoms with E-state index in [1.807, 2.05) is 36.4 Å². The minimum Gasteiger partial charge on any atom is -0.455 e. The molecule has 0 fully saturated rings. The van der Waals surface area contributed by atoms with Crippen LogP contribution in [0.4, 0.5) is 0 Å². The lowest BCUT2D eigenvalue weighted by Gasteiger charge is -2.12. The van der Waals surface area contributed by atoms with Gasteiger partial charge in [0.25, 0.3) is 0 Å². The average molecular weight is 727 g/mol. The van der Waals surface area contributed by atoms with E-state index in [1.165, 1.54) is 27.5 Å². The monoisotopic (exact) mass is 726 g/mol. The number of furan rings is 1. The lowest BCUT2D eigenvalue weighted by molar-refractivity contribution is 0.673. The first kappa shape index (κ1) is 32.8. The summed E-state index contributed by atoms with van der Waals surface area (Å²) in [5.41, 5.74) is 13.7. The highest BCUT2D eigenvalue weighted by Crippen LogP contribution is 2.42. The van der Waals surface area contributed by atoms with Crippen LogP contribution in [-0.4, -0.2) is 9.97 Å². The van der Waals surface area contributed by atoms with Crippen LogP contribution >= 0.6 is 0 Å². The van der Waals surface area contributed by atoms with Crippen molar-refractivity contribution in [2.75, 3.05) is 0 Å². The van der Waals surface area contributed by atoms with Gasteiger partial charge in [0.2, 0.25) is 0 Å². The molecular weight excluding hydrogens is 693 g/mol. The molecule has 3 nitrogen and oxygen atoms in total. The second-order valence-electron chi connectivity index (χ2n) is 14.5. The zero-order chi connectivity index (χ0) is 37.7. The van der Waals surface area contributed by atoms with Crippen LogP contribution in [0.25, 0.3) is 111 Å². The zero-order valence-corrected chi connectivity index (χ0v) is 30.9. The van der Waals surface area contributed by atoms with Gasteiger partial charge in [0, 0.05) is 32.8 Å². The summed E-state index contributed by atoms with van der Waals surface area (Å²) in [6.07, 6.45) is 0. The predicted octanol–water partition coefficient (Wildman–Crippen LogP) is 14.7. The van der Waals surface area contributed by atoms with E-state index >= 15 is 0 Å². The quantitative estimate of drug-likeness (QED) is 0.171. The van der Waals surface area contributed by atoms with Crippen molar-refractivity contribution in [1.29, 1.82) is 0 Å². The predicted molar refractivity (Wildman–Crippen MR) is 237 cm³/mol. The molecule has 57 heavy (non-hydrogen) atoms. The molecule has 3 heteroatoms. The molecule has 0 aliphatic heterocycles. The minimum atomic E-state index is 0.711. The molecule has 0 N–H and O–H groups in total. The van der Waals surface area contributed by atoms with Gasteiger partial charge >= 0.3 is 0 Å². The van der Waals surface area contributed by atoms with Crippen molar-refractivity contribution in [3.8, 4) is 67.3 Å². The third kappa shape index (κ3) is 5.85. The highest BCUT2D eigenvalue weighted by Gasteiger charge is 2.17. The molecule has 0 radical (unpaired) electrons. The minimum absolute atomic E-state index is 0.711. The third-order valence-corrected chi connectivity index (χ3v) is 11.1. The van der Waals surface area contributed by atoms with Crippen molar-refractivity contribution in [3.63, 3.8) is 0 Å². The van der Waals surface area contributed by atoms with E-state index in [0.29, 0.717) is 5.82 Å². The zero-order valence-electron chi connectivity index (χ0n) is 30.9. The molecule has 0 aliphatic rings. The summed E-state index contributed by atoms with van der Waals surface area (Å²) >= 11 is 0. The summed E-state index contributed by atoms with van der Waals surface area (Å²) in [6, 6.07) is 72.8. The van der Waals surface area contributed by atoms with Gasteiger partial charge in [0.05, 0.1) is 11.4 Å². The Morgan fingerprint density at radius 1 is 0.298 bits per heavy atom. The molecule has 2 aromatic heterocycles. The topological polar surface area (TPSA) is 38.9 Å². The Kier molecular flexibility index (Phi) is 7.82. The number of rotatable bonds is 6. The lowest BCUT2D eigenvalue weighted by Crippen LogP contribution is -1.95. The first-order valence-electron chi connectivity index (χ1n) is 19.3. The van der Waals surface area contributed by atoms with E-state index in [4.69, 9.17) is 14.4 Å². The number of aromatic nitrogens is 2. The number of fused-ring (bicyclic) bond motifs is 6. The summed E-state index contributed by atoms with van der Waals surface area (Å²) in [4.78, 5) is 10.0. The molecule has 266 valence electrons. The molecule has 0 bridgehead atoms. The van der Waals surface area contributed by atoms with Gasteiger partial charge in [-0.25, -0.2) is 9.97 Å². The highest BCUT2D eigenvalue weighted by atomic mass is 16.3. The van der Waals surface area contributed by atoms with E-state index in [1.54, 1.807) is 0 Å². The number of benzene rings is 9. The molecule has 0 spiro atoms. The Morgan fingerprint density at radius 2 is 0.860 bits per heavy atom. The SMILES string of the molecule is c1ccc(-c2cc(-c3ccc(-c4cccc(-c5cc6c7cc(-c8cccc9ccccc89)ccc7oc6c6ccccc56)c4)cc3)nc(-c3ccccc3)n2)cc1. The molecule has 0 atom stereocenters. The van der Waals surface area contributed by atoms with Crippen molar-refractivity contribution in [3.05, 3.63) is 206 Å². The Morgan fingerprint density at radius 3 is 1.65 bits per heavy atom. The van der Waals surface area contributed by atoms with Crippen molar-refractivity contribution >= 4 is 43.5 Å². The molecule has 0 saturated heterocycles. The van der Waals surface area contributed by atoms with Gasteiger partial charge in [-0.05, 0) is 79.9 Å². The van der Waals surface area contributed by atoms with Gasteiger partial charge in [0.1, 0.15) is 11.2 Å². The summed E-state index contributed by atoms with van der Waals surface area (Å²) in [5.74, 6) is 0.711. The van der Waals surface area contributed by atoms with Crippen LogP contribution in [0, 0.1) is 0 Å². The molecule has 2 heterocycles. The second kappa shape index (κ2) is 13.6. The fourth-order valence-electron chi connectivity index (χ4n) is 8.25. The standard InChI is InChI=1S/C54H34N2O/c1-3-14-37(15-4-1)50-34-51(56-54(55-50)39-16-5-2-6-17-39)38-27-25-35(26-28-38)40-19-11-20-41(31-40)47-33-49-48-32-42(44-24-12-18-36-13-7-8-21-43(36)44)29-30-52(48)57-53(49)46-23-10-9-22-45(46)47/h1-34H. The Hall–Kier alpha value is -7.62. The molecule has 0 saturated carbocycles. The fraction of sp³-hybridized carbons (Fsp3) is 0. The highest BCUT2D eigenvalue weighted by molar-refractivity contribution is 6.20. The van der Waals surface area contributed by atoms with Gasteiger partial charge in [-0.1, -0.05) is 176 Å². The molecule has 0 aliphatic carbocycles. The molecule has 9 aromatic carbocycles. The van der Waals surface area contributed by atoms with Crippen molar-refractivity contribution in [2.24, 2.45) is 0 Å². The van der Waals surface area contributed by atoms with Crippen molar-refractivity contribution in [2.45, 2.75) is 0 Å². The maximum Gasteiger partial charge on any atom is 0.160 e. The lowest BCUT2D eigenvalue weighted by atomic mass is 9.92. The maximum atomic E-state index is 6.63. The number of hydrogen-bond acceptors (Lipinski definition) is 3. The number of hydrogen-bond donors (Lipinski definition) is 0. The Balaban J connectivity index is 0.995. The normalized spacial score (nSPS) is 11.5. The first-order chi connectivity index (χ1) is 28.2. The summed E-state index contributed by atoms with van der Waals surface area (Å²) < 4.78 is 6.63. The van der Waals surface area contributed by atoms with E-state index < -0.39 is 0 Å². The maximum absolute atomic E-state index is 6.63. The van der Waals surface area contributed by atoms with Gasteiger partial charge in [-0.2, -0.15) is 0 Å². The van der Waals surface area contributed by atoms with E-state index in [9.17, 15) is 0 Å². The van der Waals surface area contributed by atoms with E-state index in [2.05, 4.69) is 170 Å². The van der Waals surface area contributed by atoms with Crippen LogP contribution in [0.5, 0.6) is 0 Å². The summed E-state index contributed by atoms with van der Waals surface area (Å²) in [7, 11) is 0. The fourth-order valence-corrected chi connectivity index (χ4v) is 8.25. The van der Waals surface area contributed by atoms with Gasteiger partial charge < -0.3 is 4.42 Å². The van der Waals surface area contributed by atoms with Crippen LogP contribution < -0.4 is 0 Å². The van der Waals surface area contributed by atoms with Crippen LogP contribution in [-0.2, 0) is 0 Å². The summed E-state index contributed by atoms with van der Waals surface area (Å²) in [5, 5.41) is 6.98. The largest absolute Gasteiger partial charge is 0.455 e. The van der Waals surface area contributed by atoms with Crippen LogP contribution in [0.15, 0.2) is 211 Å². The Bertz CT molecular complexity index is 3210. The second-order valence-corrected chi connectivity index (χ2v) is 14.5. The molecular formula is C54H34N2O. The van der Waals surface area contributed by atoms with Crippen LogP contribution in [0.1, 0.15) is 0 Å². The van der Waals surface area contributed by atoms with Gasteiger partial charge in [0.15, 0.2) is 5.82 Å². The van der Waals surface area contributed by atoms with Crippen molar-refractivity contribution < 1.29 is 4.42 Å². The van der Waals surface area contributed by atoms with Gasteiger partial charge in [-0.3, -0.25) is 0 Å². The van der Waals surface area contributed by atoms with Crippen molar-refractivity contribution in [1.82, 2.24) is 9.97 Å². The van der Waals surface area contributed by atoms with Gasteiger partial charge in [-0.15, -0.1) is 0 Å². The molecule has 0 amide bonds. The molecule has 0 unspecified atom stereocenters. The average Bonchev–Trinajstić information content (AvgIpc) is 3.67. The van der Waals surface area contributed by atoms with Crippen LogP contribution in [0.3, 0.4) is 0 Å². The van der Waals surface area contributed by atoms with E-state index in [0.717, 1.165) is 77.5 Å².